The molecule has 3 aromatic rings. The molecule has 1 aromatic heterocycles. The molecule has 4 heteroatoms. The van der Waals surface area contributed by atoms with Gasteiger partial charge in [0.05, 0.1) is 21.8 Å². The van der Waals surface area contributed by atoms with E-state index in [0.717, 1.165) is 27.4 Å². The fraction of sp³-hybridized carbons (Fsp3) is 0.176. The Kier molecular flexibility index (Phi) is 3.59. The highest BCUT2D eigenvalue weighted by Gasteiger charge is 2.09. The van der Waals surface area contributed by atoms with Crippen molar-refractivity contribution in [2.75, 3.05) is 0 Å². The first-order valence-electron chi connectivity index (χ1n) is 6.66. The lowest BCUT2D eigenvalue weighted by Crippen LogP contribution is -1.99. The maximum atomic E-state index is 8.97. The standard InChI is InChI=1S/C17H14N2OS/c1-11-7-13(9-18)8-12(2)17(11)20-10-16-19-14-5-3-4-6-15(14)21-16/h3-8H,10H2,1-2H3. The molecule has 0 aliphatic carbocycles. The van der Waals surface area contributed by atoms with Gasteiger partial charge >= 0.3 is 0 Å². The first-order chi connectivity index (χ1) is 10.2. The predicted molar refractivity (Wildman–Crippen MR) is 84.6 cm³/mol. The number of ether oxygens (including phenoxy) is 1. The fourth-order valence-electron chi connectivity index (χ4n) is 2.36. The van der Waals surface area contributed by atoms with Crippen LogP contribution in [0.2, 0.25) is 0 Å². The van der Waals surface area contributed by atoms with Crippen molar-refractivity contribution in [3.05, 3.63) is 58.1 Å². The van der Waals surface area contributed by atoms with E-state index in [-0.39, 0.29) is 0 Å². The van der Waals surface area contributed by atoms with Gasteiger partial charge in [0.2, 0.25) is 0 Å². The van der Waals surface area contributed by atoms with Crippen LogP contribution in [0.4, 0.5) is 0 Å². The van der Waals surface area contributed by atoms with Crippen molar-refractivity contribution in [2.24, 2.45) is 0 Å². The van der Waals surface area contributed by atoms with Gasteiger partial charge in [0.1, 0.15) is 17.4 Å². The van der Waals surface area contributed by atoms with Crippen LogP contribution in [-0.2, 0) is 6.61 Å². The minimum Gasteiger partial charge on any atom is -0.486 e. The third-order valence-corrected chi connectivity index (χ3v) is 4.28. The Balaban J connectivity index is 1.83. The number of nitriles is 1. The molecule has 1 heterocycles. The number of hydrogen-bond donors (Lipinski definition) is 0. The summed E-state index contributed by atoms with van der Waals surface area (Å²) in [5.41, 5.74) is 3.63. The Hall–Kier alpha value is -2.38. The summed E-state index contributed by atoms with van der Waals surface area (Å²) in [6.45, 7) is 4.37. The first-order valence-corrected chi connectivity index (χ1v) is 7.47. The topological polar surface area (TPSA) is 45.9 Å². The van der Waals surface area contributed by atoms with Crippen LogP contribution >= 0.6 is 11.3 Å². The maximum absolute atomic E-state index is 8.97. The Bertz CT molecular complexity index is 789. The van der Waals surface area contributed by atoms with Gasteiger partial charge in [-0.15, -0.1) is 11.3 Å². The van der Waals surface area contributed by atoms with Crippen LogP contribution in [0.3, 0.4) is 0 Å². The minimum absolute atomic E-state index is 0.451. The van der Waals surface area contributed by atoms with Crippen molar-refractivity contribution < 1.29 is 4.74 Å². The van der Waals surface area contributed by atoms with Gasteiger partial charge in [0.25, 0.3) is 0 Å². The molecule has 0 saturated carbocycles. The molecular formula is C17H14N2OS. The number of fused-ring (bicyclic) bond motifs is 1. The minimum atomic E-state index is 0.451. The third kappa shape index (κ3) is 2.74. The van der Waals surface area contributed by atoms with Crippen molar-refractivity contribution in [2.45, 2.75) is 20.5 Å². The van der Waals surface area contributed by atoms with Gasteiger partial charge in [-0.3, -0.25) is 0 Å². The lowest BCUT2D eigenvalue weighted by molar-refractivity contribution is 0.301. The van der Waals surface area contributed by atoms with Crippen LogP contribution in [0.25, 0.3) is 10.2 Å². The number of aryl methyl sites for hydroxylation is 2. The van der Waals surface area contributed by atoms with Gasteiger partial charge in [0, 0.05) is 0 Å². The number of nitrogens with zero attached hydrogens (tertiary/aromatic N) is 2. The Morgan fingerprint density at radius 3 is 2.57 bits per heavy atom. The quantitative estimate of drug-likeness (QED) is 0.721. The van der Waals surface area contributed by atoms with Crippen LogP contribution in [-0.4, -0.2) is 4.98 Å². The zero-order chi connectivity index (χ0) is 14.8. The highest BCUT2D eigenvalue weighted by Crippen LogP contribution is 2.27. The van der Waals surface area contributed by atoms with E-state index in [2.05, 4.69) is 17.1 Å². The first kappa shape index (κ1) is 13.6. The summed E-state index contributed by atoms with van der Waals surface area (Å²) in [7, 11) is 0. The zero-order valence-electron chi connectivity index (χ0n) is 11.9. The molecule has 3 rings (SSSR count). The van der Waals surface area contributed by atoms with Crippen molar-refractivity contribution in [1.29, 1.82) is 5.26 Å². The molecule has 0 saturated heterocycles. The molecule has 3 nitrogen and oxygen atoms in total. The van der Waals surface area contributed by atoms with E-state index in [1.807, 2.05) is 44.2 Å². The third-order valence-electron chi connectivity index (χ3n) is 3.27. The van der Waals surface area contributed by atoms with Crippen molar-refractivity contribution >= 4 is 21.6 Å². The summed E-state index contributed by atoms with van der Waals surface area (Å²) in [6.07, 6.45) is 0. The van der Waals surface area contributed by atoms with Gasteiger partial charge in [-0.05, 0) is 49.2 Å². The average molecular weight is 294 g/mol. The predicted octanol–water partition coefficient (Wildman–Crippen LogP) is 4.36. The van der Waals surface area contributed by atoms with Crippen LogP contribution in [0.15, 0.2) is 36.4 Å². The van der Waals surface area contributed by atoms with Crippen LogP contribution in [0.1, 0.15) is 21.7 Å². The molecule has 0 aliphatic heterocycles. The van der Waals surface area contributed by atoms with E-state index < -0.39 is 0 Å². The lowest BCUT2D eigenvalue weighted by Gasteiger charge is -2.11. The van der Waals surface area contributed by atoms with Crippen LogP contribution in [0, 0.1) is 25.2 Å². The molecule has 0 amide bonds. The highest BCUT2D eigenvalue weighted by atomic mass is 32.1. The number of thiazole rings is 1. The largest absolute Gasteiger partial charge is 0.486 e. The Morgan fingerprint density at radius 1 is 1.19 bits per heavy atom. The number of hydrogen-bond acceptors (Lipinski definition) is 4. The molecule has 0 atom stereocenters. The summed E-state index contributed by atoms with van der Waals surface area (Å²) in [4.78, 5) is 4.56. The fourth-order valence-corrected chi connectivity index (χ4v) is 3.24. The van der Waals surface area contributed by atoms with E-state index in [1.165, 1.54) is 4.70 Å². The van der Waals surface area contributed by atoms with Gasteiger partial charge in [-0.2, -0.15) is 5.26 Å². The lowest BCUT2D eigenvalue weighted by atomic mass is 10.1. The number of para-hydroxylation sites is 1. The zero-order valence-corrected chi connectivity index (χ0v) is 12.7. The van der Waals surface area contributed by atoms with Crippen molar-refractivity contribution in [3.63, 3.8) is 0 Å². The number of rotatable bonds is 3. The van der Waals surface area contributed by atoms with E-state index in [4.69, 9.17) is 10.00 Å². The smallest absolute Gasteiger partial charge is 0.140 e. The SMILES string of the molecule is Cc1cc(C#N)cc(C)c1OCc1nc2ccccc2s1. The summed E-state index contributed by atoms with van der Waals surface area (Å²) in [5, 5.41) is 9.92. The van der Waals surface area contributed by atoms with Crippen LogP contribution in [0.5, 0.6) is 5.75 Å². The summed E-state index contributed by atoms with van der Waals surface area (Å²) < 4.78 is 7.09. The second-order valence-corrected chi connectivity index (χ2v) is 6.03. The molecule has 0 fully saturated rings. The normalized spacial score (nSPS) is 10.5. The van der Waals surface area contributed by atoms with E-state index in [9.17, 15) is 0 Å². The molecule has 0 unspecified atom stereocenters. The second-order valence-electron chi connectivity index (χ2n) is 4.91. The molecule has 104 valence electrons. The maximum Gasteiger partial charge on any atom is 0.140 e. The number of aromatic nitrogens is 1. The van der Waals surface area contributed by atoms with Crippen molar-refractivity contribution in [3.8, 4) is 11.8 Å². The number of benzene rings is 2. The Labute approximate surface area is 127 Å². The molecule has 0 radical (unpaired) electrons. The molecule has 0 aliphatic rings. The van der Waals surface area contributed by atoms with E-state index in [1.54, 1.807) is 11.3 Å². The summed E-state index contributed by atoms with van der Waals surface area (Å²) >= 11 is 1.65. The second kappa shape index (κ2) is 5.55. The van der Waals surface area contributed by atoms with Gasteiger partial charge in [0.15, 0.2) is 0 Å². The monoisotopic (exact) mass is 294 g/mol. The Morgan fingerprint density at radius 2 is 1.90 bits per heavy atom. The van der Waals surface area contributed by atoms with Crippen LogP contribution < -0.4 is 4.74 Å². The molecular weight excluding hydrogens is 280 g/mol. The molecule has 21 heavy (non-hydrogen) atoms. The summed E-state index contributed by atoms with van der Waals surface area (Å²) in [6, 6.07) is 13.9. The van der Waals surface area contributed by atoms with Gasteiger partial charge in [-0.25, -0.2) is 4.98 Å². The molecule has 2 aromatic carbocycles. The molecule has 0 spiro atoms. The van der Waals surface area contributed by atoms with Gasteiger partial charge in [-0.1, -0.05) is 12.1 Å². The average Bonchev–Trinajstić information content (AvgIpc) is 2.88. The summed E-state index contributed by atoms with van der Waals surface area (Å²) in [5.74, 6) is 0.841. The molecule has 0 N–H and O–H groups in total. The van der Waals surface area contributed by atoms with E-state index >= 15 is 0 Å². The highest BCUT2D eigenvalue weighted by molar-refractivity contribution is 7.18. The molecule has 0 bridgehead atoms. The van der Waals surface area contributed by atoms with Crippen molar-refractivity contribution in [1.82, 2.24) is 4.98 Å². The van der Waals surface area contributed by atoms with Gasteiger partial charge < -0.3 is 4.74 Å². The van der Waals surface area contributed by atoms with E-state index in [0.29, 0.717) is 12.2 Å².